The van der Waals surface area contributed by atoms with E-state index in [4.69, 9.17) is 23.2 Å². The molecule has 0 atom stereocenters. The summed E-state index contributed by atoms with van der Waals surface area (Å²) in [6, 6.07) is 7.68. The molecule has 2 heterocycles. The van der Waals surface area contributed by atoms with Gasteiger partial charge in [-0.25, -0.2) is 4.98 Å². The van der Waals surface area contributed by atoms with Gasteiger partial charge in [-0.1, -0.05) is 11.6 Å². The molecule has 2 aromatic heterocycles. The molecule has 0 unspecified atom stereocenters. The van der Waals surface area contributed by atoms with Gasteiger partial charge in [0.2, 0.25) is 0 Å². The smallest absolute Gasteiger partial charge is 0.124 e. The zero-order chi connectivity index (χ0) is 13.9. The Kier molecular flexibility index (Phi) is 3.94. The minimum absolute atomic E-state index is 0.397. The first kappa shape index (κ1) is 13.5. The van der Waals surface area contributed by atoms with Gasteiger partial charge in [0.15, 0.2) is 0 Å². The van der Waals surface area contributed by atoms with Crippen molar-refractivity contribution in [3.05, 3.63) is 47.5 Å². The first-order valence-corrected chi connectivity index (χ1v) is 7.37. The van der Waals surface area contributed by atoms with Crippen molar-refractivity contribution in [2.24, 2.45) is 0 Å². The Balaban J connectivity index is 1.82. The number of rotatable bonds is 5. The zero-order valence-corrected chi connectivity index (χ0v) is 12.3. The highest BCUT2D eigenvalue weighted by molar-refractivity contribution is 6.31. The van der Waals surface area contributed by atoms with Crippen molar-refractivity contribution in [2.75, 3.05) is 0 Å². The van der Waals surface area contributed by atoms with Crippen LogP contribution in [0.15, 0.2) is 36.7 Å². The fourth-order valence-electron chi connectivity index (χ4n) is 2.33. The fraction of sp³-hybridized carbons (Fsp3) is 0.286. The van der Waals surface area contributed by atoms with Gasteiger partial charge < -0.3 is 4.57 Å². The SMILES string of the molecule is ClCc1nc2cc(Cl)ccc2n1CCCn1cccn1. The lowest BCUT2D eigenvalue weighted by Crippen LogP contribution is -2.06. The van der Waals surface area contributed by atoms with Gasteiger partial charge >= 0.3 is 0 Å². The molecule has 104 valence electrons. The third kappa shape index (κ3) is 2.67. The van der Waals surface area contributed by atoms with Gasteiger partial charge in [0.1, 0.15) is 5.82 Å². The summed E-state index contributed by atoms with van der Waals surface area (Å²) in [7, 11) is 0. The fourth-order valence-corrected chi connectivity index (χ4v) is 2.70. The molecule has 0 aliphatic heterocycles. The number of fused-ring (bicyclic) bond motifs is 1. The number of alkyl halides is 1. The van der Waals surface area contributed by atoms with E-state index in [1.54, 1.807) is 6.20 Å². The largest absolute Gasteiger partial charge is 0.327 e. The van der Waals surface area contributed by atoms with Gasteiger partial charge in [0.25, 0.3) is 0 Å². The van der Waals surface area contributed by atoms with Crippen molar-refractivity contribution >= 4 is 34.2 Å². The third-order valence-electron chi connectivity index (χ3n) is 3.24. The van der Waals surface area contributed by atoms with E-state index < -0.39 is 0 Å². The molecule has 0 amide bonds. The molecule has 0 saturated carbocycles. The average molecular weight is 309 g/mol. The number of nitrogens with zero attached hydrogens (tertiary/aromatic N) is 4. The summed E-state index contributed by atoms with van der Waals surface area (Å²) in [4.78, 5) is 4.53. The Morgan fingerprint density at radius 2 is 2.10 bits per heavy atom. The lowest BCUT2D eigenvalue weighted by molar-refractivity contribution is 0.526. The number of aryl methyl sites for hydroxylation is 2. The Bertz CT molecular complexity index is 703. The first-order chi connectivity index (χ1) is 9.78. The number of benzene rings is 1. The molecule has 3 rings (SSSR count). The Hall–Kier alpha value is -1.52. The maximum Gasteiger partial charge on any atom is 0.124 e. The minimum atomic E-state index is 0.397. The van der Waals surface area contributed by atoms with Crippen molar-refractivity contribution in [3.8, 4) is 0 Å². The number of halogens is 2. The van der Waals surface area contributed by atoms with Crippen LogP contribution in [0.1, 0.15) is 12.2 Å². The predicted octanol–water partition coefficient (Wildman–Crippen LogP) is 3.72. The molecule has 4 nitrogen and oxygen atoms in total. The van der Waals surface area contributed by atoms with Crippen LogP contribution in [0.5, 0.6) is 0 Å². The summed E-state index contributed by atoms with van der Waals surface area (Å²) in [5.74, 6) is 1.28. The quantitative estimate of drug-likeness (QED) is 0.673. The molecule has 0 fully saturated rings. The van der Waals surface area contributed by atoms with Gasteiger partial charge in [-0.15, -0.1) is 11.6 Å². The van der Waals surface area contributed by atoms with Crippen LogP contribution in [-0.4, -0.2) is 19.3 Å². The van der Waals surface area contributed by atoms with Crippen LogP contribution in [0, 0.1) is 0 Å². The minimum Gasteiger partial charge on any atom is -0.327 e. The third-order valence-corrected chi connectivity index (χ3v) is 3.71. The number of aromatic nitrogens is 4. The van der Waals surface area contributed by atoms with Crippen LogP contribution < -0.4 is 0 Å². The highest BCUT2D eigenvalue weighted by Gasteiger charge is 2.10. The average Bonchev–Trinajstić information content (AvgIpc) is 3.06. The molecule has 0 bridgehead atoms. The molecular formula is C14H14Cl2N4. The van der Waals surface area contributed by atoms with Gasteiger partial charge in [-0.2, -0.15) is 5.10 Å². The highest BCUT2D eigenvalue weighted by atomic mass is 35.5. The van der Waals surface area contributed by atoms with E-state index in [1.165, 1.54) is 0 Å². The molecule has 0 spiro atoms. The zero-order valence-electron chi connectivity index (χ0n) is 10.8. The van der Waals surface area contributed by atoms with Crippen molar-refractivity contribution in [3.63, 3.8) is 0 Å². The maximum atomic E-state index is 6.00. The van der Waals surface area contributed by atoms with E-state index in [1.807, 2.05) is 35.1 Å². The lowest BCUT2D eigenvalue weighted by atomic mass is 10.3. The number of hydrogen-bond acceptors (Lipinski definition) is 2. The van der Waals surface area contributed by atoms with E-state index in [-0.39, 0.29) is 0 Å². The van der Waals surface area contributed by atoms with Crippen LogP contribution in [0.4, 0.5) is 0 Å². The van der Waals surface area contributed by atoms with Gasteiger partial charge in [0, 0.05) is 30.5 Å². The predicted molar refractivity (Wildman–Crippen MR) is 81.1 cm³/mol. The Morgan fingerprint density at radius 3 is 2.85 bits per heavy atom. The van der Waals surface area contributed by atoms with Crippen molar-refractivity contribution in [1.29, 1.82) is 0 Å². The normalized spacial score (nSPS) is 11.3. The molecular weight excluding hydrogens is 295 g/mol. The summed E-state index contributed by atoms with van der Waals surface area (Å²) < 4.78 is 4.08. The van der Waals surface area contributed by atoms with Crippen molar-refractivity contribution in [2.45, 2.75) is 25.4 Å². The second-order valence-electron chi connectivity index (χ2n) is 4.57. The first-order valence-electron chi connectivity index (χ1n) is 6.46. The summed E-state index contributed by atoms with van der Waals surface area (Å²) in [6.45, 7) is 1.74. The molecule has 3 aromatic rings. The molecule has 0 radical (unpaired) electrons. The van der Waals surface area contributed by atoms with Crippen LogP contribution >= 0.6 is 23.2 Å². The summed E-state index contributed by atoms with van der Waals surface area (Å²) in [6.07, 6.45) is 4.73. The van der Waals surface area contributed by atoms with Crippen molar-refractivity contribution in [1.82, 2.24) is 19.3 Å². The molecule has 0 aliphatic carbocycles. The van der Waals surface area contributed by atoms with E-state index in [9.17, 15) is 0 Å². The van der Waals surface area contributed by atoms with Gasteiger partial charge in [-0.3, -0.25) is 4.68 Å². The molecule has 0 aliphatic rings. The van der Waals surface area contributed by atoms with Crippen LogP contribution in [0.2, 0.25) is 5.02 Å². The second kappa shape index (κ2) is 5.85. The summed E-state index contributed by atoms with van der Waals surface area (Å²) >= 11 is 12.0. The number of hydrogen-bond donors (Lipinski definition) is 0. The Morgan fingerprint density at radius 1 is 1.20 bits per heavy atom. The van der Waals surface area contributed by atoms with E-state index in [2.05, 4.69) is 14.6 Å². The molecule has 6 heteroatoms. The molecule has 20 heavy (non-hydrogen) atoms. The number of imidazole rings is 1. The lowest BCUT2D eigenvalue weighted by Gasteiger charge is -2.08. The monoisotopic (exact) mass is 308 g/mol. The second-order valence-corrected chi connectivity index (χ2v) is 5.27. The summed E-state index contributed by atoms with van der Waals surface area (Å²) in [5, 5.41) is 4.89. The van der Waals surface area contributed by atoms with Crippen molar-refractivity contribution < 1.29 is 0 Å². The molecule has 0 saturated heterocycles. The topological polar surface area (TPSA) is 35.6 Å². The standard InChI is InChI=1S/C14H14Cl2N4/c15-10-14-18-12-9-11(16)3-4-13(12)20(14)8-2-7-19-6-1-5-17-19/h1,3-6,9H,2,7-8,10H2. The maximum absolute atomic E-state index is 6.00. The van der Waals surface area contributed by atoms with Crippen LogP contribution in [0.3, 0.4) is 0 Å². The van der Waals surface area contributed by atoms with E-state index in [0.29, 0.717) is 10.9 Å². The van der Waals surface area contributed by atoms with Crippen LogP contribution in [0.25, 0.3) is 11.0 Å². The Labute approximate surface area is 126 Å². The van der Waals surface area contributed by atoms with E-state index >= 15 is 0 Å². The van der Waals surface area contributed by atoms with Gasteiger partial charge in [-0.05, 0) is 30.7 Å². The molecule has 0 N–H and O–H groups in total. The molecule has 1 aromatic carbocycles. The van der Waals surface area contributed by atoms with E-state index in [0.717, 1.165) is 36.4 Å². The van der Waals surface area contributed by atoms with Crippen LogP contribution in [-0.2, 0) is 19.0 Å². The van der Waals surface area contributed by atoms with Gasteiger partial charge in [0.05, 0.1) is 16.9 Å². The highest BCUT2D eigenvalue weighted by Crippen LogP contribution is 2.21. The summed E-state index contributed by atoms with van der Waals surface area (Å²) in [5.41, 5.74) is 1.97.